The van der Waals surface area contributed by atoms with Gasteiger partial charge in [-0.15, -0.1) is 0 Å². The van der Waals surface area contributed by atoms with E-state index in [0.29, 0.717) is 19.6 Å². The monoisotopic (exact) mass is 251 g/mol. The average Bonchev–Trinajstić information content (AvgIpc) is 2.31. The number of aliphatic hydroxyl groups is 1. The van der Waals surface area contributed by atoms with E-state index in [1.807, 2.05) is 32.0 Å². The largest absolute Gasteiger partial charge is 0.493 e. The van der Waals surface area contributed by atoms with Gasteiger partial charge in [0, 0.05) is 6.54 Å². The van der Waals surface area contributed by atoms with Gasteiger partial charge in [-0.3, -0.25) is 4.79 Å². The van der Waals surface area contributed by atoms with Crippen LogP contribution in [0, 0.1) is 6.92 Å². The molecule has 4 nitrogen and oxygen atoms in total. The third-order valence-electron chi connectivity index (χ3n) is 2.64. The smallest absolute Gasteiger partial charge is 0.223 e. The van der Waals surface area contributed by atoms with Gasteiger partial charge in [-0.25, -0.2) is 0 Å². The molecule has 0 bridgehead atoms. The van der Waals surface area contributed by atoms with E-state index in [-0.39, 0.29) is 5.91 Å². The van der Waals surface area contributed by atoms with E-state index in [0.717, 1.165) is 16.9 Å². The number of aryl methyl sites for hydroxylation is 1. The zero-order valence-electron chi connectivity index (χ0n) is 11.2. The van der Waals surface area contributed by atoms with Crippen LogP contribution < -0.4 is 10.1 Å². The standard InChI is InChI=1S/C14H21NO3/c1-4-15-14(17)7-8-18-13-6-5-12(11(3)16)9-10(13)2/h5-6,9,11,16H,4,7-8H2,1-3H3,(H,15,17)/t11-/m0/s1. The SMILES string of the molecule is CCNC(=O)CCOc1ccc([C@H](C)O)cc1C. The Kier molecular flexibility index (Phi) is 5.65. The van der Waals surface area contributed by atoms with Gasteiger partial charge in [-0.05, 0) is 44.0 Å². The highest BCUT2D eigenvalue weighted by Crippen LogP contribution is 2.22. The summed E-state index contributed by atoms with van der Waals surface area (Å²) in [4.78, 5) is 11.2. The third-order valence-corrected chi connectivity index (χ3v) is 2.64. The van der Waals surface area contributed by atoms with Gasteiger partial charge in [0.1, 0.15) is 5.75 Å². The lowest BCUT2D eigenvalue weighted by Gasteiger charge is -2.11. The zero-order chi connectivity index (χ0) is 13.5. The first-order valence-corrected chi connectivity index (χ1v) is 6.22. The number of amides is 1. The van der Waals surface area contributed by atoms with Crippen LogP contribution in [0.25, 0.3) is 0 Å². The fourth-order valence-electron chi connectivity index (χ4n) is 1.63. The van der Waals surface area contributed by atoms with E-state index in [2.05, 4.69) is 5.32 Å². The van der Waals surface area contributed by atoms with Gasteiger partial charge in [0.15, 0.2) is 0 Å². The van der Waals surface area contributed by atoms with Crippen LogP contribution in [0.5, 0.6) is 5.75 Å². The second kappa shape index (κ2) is 7.01. The van der Waals surface area contributed by atoms with Crippen molar-refractivity contribution in [1.82, 2.24) is 5.32 Å². The van der Waals surface area contributed by atoms with Gasteiger partial charge in [0.2, 0.25) is 5.91 Å². The highest BCUT2D eigenvalue weighted by Gasteiger charge is 2.06. The zero-order valence-corrected chi connectivity index (χ0v) is 11.2. The minimum absolute atomic E-state index is 0.00393. The summed E-state index contributed by atoms with van der Waals surface area (Å²) in [7, 11) is 0. The molecule has 100 valence electrons. The van der Waals surface area contributed by atoms with Crippen LogP contribution in [0.3, 0.4) is 0 Å². The molecule has 1 amide bonds. The Balaban J connectivity index is 2.50. The second-order valence-corrected chi connectivity index (χ2v) is 4.25. The molecule has 0 heterocycles. The maximum Gasteiger partial charge on any atom is 0.223 e. The molecule has 4 heteroatoms. The van der Waals surface area contributed by atoms with Crippen molar-refractivity contribution in [2.45, 2.75) is 33.3 Å². The Morgan fingerprint density at radius 1 is 1.50 bits per heavy atom. The summed E-state index contributed by atoms with van der Waals surface area (Å²) in [6.07, 6.45) is -0.126. The Hall–Kier alpha value is -1.55. The molecule has 1 rings (SSSR count). The van der Waals surface area contributed by atoms with Crippen LogP contribution >= 0.6 is 0 Å². The Bertz CT molecular complexity index is 402. The fourth-order valence-corrected chi connectivity index (χ4v) is 1.63. The molecule has 0 aromatic heterocycles. The van der Waals surface area contributed by atoms with Crippen molar-refractivity contribution in [2.75, 3.05) is 13.2 Å². The molecule has 0 unspecified atom stereocenters. The number of hydrogen-bond donors (Lipinski definition) is 2. The van der Waals surface area contributed by atoms with Crippen LogP contribution in [0.1, 0.15) is 37.5 Å². The van der Waals surface area contributed by atoms with E-state index in [4.69, 9.17) is 4.74 Å². The van der Waals surface area contributed by atoms with Gasteiger partial charge < -0.3 is 15.2 Å². The van der Waals surface area contributed by atoms with Gasteiger partial charge in [0.05, 0.1) is 19.1 Å². The minimum atomic E-state index is -0.479. The van der Waals surface area contributed by atoms with E-state index >= 15 is 0 Å². The maximum absolute atomic E-state index is 11.2. The molecule has 1 aromatic carbocycles. The van der Waals surface area contributed by atoms with Crippen molar-refractivity contribution in [3.63, 3.8) is 0 Å². The number of ether oxygens (including phenoxy) is 1. The molecule has 0 saturated carbocycles. The van der Waals surface area contributed by atoms with E-state index in [1.165, 1.54) is 0 Å². The van der Waals surface area contributed by atoms with Crippen molar-refractivity contribution in [3.05, 3.63) is 29.3 Å². The number of rotatable bonds is 6. The van der Waals surface area contributed by atoms with Gasteiger partial charge in [-0.1, -0.05) is 6.07 Å². The predicted octanol–water partition coefficient (Wildman–Crippen LogP) is 1.95. The molecule has 0 spiro atoms. The summed E-state index contributed by atoms with van der Waals surface area (Å²) in [5.74, 6) is 0.749. The van der Waals surface area contributed by atoms with Crippen LogP contribution in [0.4, 0.5) is 0 Å². The number of hydrogen-bond acceptors (Lipinski definition) is 3. The molecular weight excluding hydrogens is 230 g/mol. The molecule has 2 N–H and O–H groups in total. The Labute approximate surface area is 108 Å². The number of benzene rings is 1. The molecule has 0 aliphatic heterocycles. The van der Waals surface area contributed by atoms with E-state index in [1.54, 1.807) is 6.92 Å². The molecule has 0 aliphatic carbocycles. The lowest BCUT2D eigenvalue weighted by atomic mass is 10.1. The topological polar surface area (TPSA) is 58.6 Å². The summed E-state index contributed by atoms with van der Waals surface area (Å²) in [5.41, 5.74) is 1.83. The van der Waals surface area contributed by atoms with Gasteiger partial charge >= 0.3 is 0 Å². The molecule has 0 fully saturated rings. The minimum Gasteiger partial charge on any atom is -0.493 e. The van der Waals surface area contributed by atoms with Crippen molar-refractivity contribution < 1.29 is 14.6 Å². The summed E-state index contributed by atoms with van der Waals surface area (Å²) >= 11 is 0. The molecule has 0 radical (unpaired) electrons. The Morgan fingerprint density at radius 3 is 2.78 bits per heavy atom. The Morgan fingerprint density at radius 2 is 2.22 bits per heavy atom. The molecule has 1 aromatic rings. The highest BCUT2D eigenvalue weighted by atomic mass is 16.5. The van der Waals surface area contributed by atoms with Gasteiger partial charge in [-0.2, -0.15) is 0 Å². The normalized spacial score (nSPS) is 12.0. The second-order valence-electron chi connectivity index (χ2n) is 4.25. The number of nitrogens with one attached hydrogen (secondary N) is 1. The lowest BCUT2D eigenvalue weighted by molar-refractivity contribution is -0.121. The third kappa shape index (κ3) is 4.37. The van der Waals surface area contributed by atoms with Crippen LogP contribution in [0.2, 0.25) is 0 Å². The number of aliphatic hydroxyl groups excluding tert-OH is 1. The lowest BCUT2D eigenvalue weighted by Crippen LogP contribution is -2.24. The molecule has 1 atom stereocenters. The van der Waals surface area contributed by atoms with E-state index < -0.39 is 6.10 Å². The van der Waals surface area contributed by atoms with Crippen LogP contribution in [0.15, 0.2) is 18.2 Å². The van der Waals surface area contributed by atoms with E-state index in [9.17, 15) is 9.90 Å². The molecule has 18 heavy (non-hydrogen) atoms. The van der Waals surface area contributed by atoms with Crippen LogP contribution in [-0.4, -0.2) is 24.2 Å². The molecule has 0 saturated heterocycles. The molecule has 0 aliphatic rings. The summed E-state index contributed by atoms with van der Waals surface area (Å²) < 4.78 is 5.55. The first-order chi connectivity index (χ1) is 8.54. The quantitative estimate of drug-likeness (QED) is 0.812. The van der Waals surface area contributed by atoms with Gasteiger partial charge in [0.25, 0.3) is 0 Å². The maximum atomic E-state index is 11.2. The van der Waals surface area contributed by atoms with Crippen molar-refractivity contribution in [1.29, 1.82) is 0 Å². The number of carbonyl (C=O) groups is 1. The number of carbonyl (C=O) groups excluding carboxylic acids is 1. The fraction of sp³-hybridized carbons (Fsp3) is 0.500. The summed E-state index contributed by atoms with van der Waals surface area (Å²) in [5, 5.41) is 12.2. The first-order valence-electron chi connectivity index (χ1n) is 6.22. The molecular formula is C14H21NO3. The highest BCUT2D eigenvalue weighted by molar-refractivity contribution is 5.75. The van der Waals surface area contributed by atoms with Crippen molar-refractivity contribution >= 4 is 5.91 Å². The summed E-state index contributed by atoms with van der Waals surface area (Å²) in [6.45, 7) is 6.54. The summed E-state index contributed by atoms with van der Waals surface area (Å²) in [6, 6.07) is 5.56. The van der Waals surface area contributed by atoms with Crippen molar-refractivity contribution in [3.8, 4) is 5.75 Å². The van der Waals surface area contributed by atoms with Crippen LogP contribution in [-0.2, 0) is 4.79 Å². The average molecular weight is 251 g/mol. The predicted molar refractivity (Wildman–Crippen MR) is 70.6 cm³/mol. The first kappa shape index (κ1) is 14.5. The van der Waals surface area contributed by atoms with Crippen molar-refractivity contribution in [2.24, 2.45) is 0 Å².